The van der Waals surface area contributed by atoms with Crippen LogP contribution in [0.15, 0.2) is 0 Å². The molecule has 2 N–H and O–H groups in total. The predicted molar refractivity (Wildman–Crippen MR) is 58.1 cm³/mol. The summed E-state index contributed by atoms with van der Waals surface area (Å²) >= 11 is 0. The van der Waals surface area contributed by atoms with Gasteiger partial charge in [0.1, 0.15) is 0 Å². The average Bonchev–Trinajstić information content (AvgIpc) is 2.16. The van der Waals surface area contributed by atoms with Crippen LogP contribution < -0.4 is 5.73 Å². The second kappa shape index (κ2) is 4.92. The SMILES string of the molecule is CCC(C)(N)CN1CCCC(C(F)(F)F)C1. The van der Waals surface area contributed by atoms with Gasteiger partial charge in [0.25, 0.3) is 0 Å². The van der Waals surface area contributed by atoms with Gasteiger partial charge in [-0.25, -0.2) is 0 Å². The molecule has 2 unspecified atom stereocenters. The fourth-order valence-corrected chi connectivity index (χ4v) is 2.09. The van der Waals surface area contributed by atoms with Crippen molar-refractivity contribution in [3.63, 3.8) is 0 Å². The standard InChI is InChI=1S/C11H21F3N2/c1-3-10(2,15)8-16-6-4-5-9(7-16)11(12,13)14/h9H,3-8,15H2,1-2H3. The fourth-order valence-electron chi connectivity index (χ4n) is 2.09. The molecule has 1 aliphatic heterocycles. The molecule has 96 valence electrons. The first-order chi connectivity index (χ1) is 7.24. The molecule has 0 radical (unpaired) electrons. The molecule has 2 atom stereocenters. The molecular formula is C11H21F3N2. The number of alkyl halides is 3. The lowest BCUT2D eigenvalue weighted by Gasteiger charge is -2.38. The van der Waals surface area contributed by atoms with E-state index in [-0.39, 0.29) is 18.5 Å². The van der Waals surface area contributed by atoms with Crippen LogP contribution in [0.3, 0.4) is 0 Å². The molecule has 0 bridgehead atoms. The van der Waals surface area contributed by atoms with Crippen LogP contribution >= 0.6 is 0 Å². The van der Waals surface area contributed by atoms with Crippen molar-refractivity contribution in [2.24, 2.45) is 11.7 Å². The topological polar surface area (TPSA) is 29.3 Å². The predicted octanol–water partition coefficient (Wildman–Crippen LogP) is 2.39. The van der Waals surface area contributed by atoms with Crippen molar-refractivity contribution in [1.29, 1.82) is 0 Å². The molecule has 1 saturated heterocycles. The van der Waals surface area contributed by atoms with Crippen molar-refractivity contribution in [3.05, 3.63) is 0 Å². The Morgan fingerprint density at radius 2 is 2.00 bits per heavy atom. The second-order valence-corrected chi connectivity index (χ2v) is 5.12. The summed E-state index contributed by atoms with van der Waals surface area (Å²) in [5, 5.41) is 0. The van der Waals surface area contributed by atoms with Crippen molar-refractivity contribution in [2.75, 3.05) is 19.6 Å². The number of piperidine rings is 1. The molecule has 0 amide bonds. The monoisotopic (exact) mass is 238 g/mol. The molecule has 5 heteroatoms. The minimum Gasteiger partial charge on any atom is -0.324 e. The molecule has 0 spiro atoms. The van der Waals surface area contributed by atoms with Crippen LogP contribution in [0.1, 0.15) is 33.1 Å². The van der Waals surface area contributed by atoms with Crippen LogP contribution in [-0.4, -0.2) is 36.2 Å². The second-order valence-electron chi connectivity index (χ2n) is 5.12. The van der Waals surface area contributed by atoms with Crippen molar-refractivity contribution >= 4 is 0 Å². The molecule has 0 saturated carbocycles. The van der Waals surface area contributed by atoms with E-state index in [2.05, 4.69) is 0 Å². The number of nitrogens with zero attached hydrogens (tertiary/aromatic N) is 1. The number of hydrogen-bond donors (Lipinski definition) is 1. The Kier molecular flexibility index (Phi) is 4.23. The van der Waals surface area contributed by atoms with Gasteiger partial charge in [0, 0.05) is 18.6 Å². The maximum atomic E-state index is 12.6. The van der Waals surface area contributed by atoms with Gasteiger partial charge in [-0.2, -0.15) is 13.2 Å². The number of likely N-dealkylation sites (tertiary alicyclic amines) is 1. The minimum absolute atomic E-state index is 0.107. The highest BCUT2D eigenvalue weighted by Gasteiger charge is 2.42. The van der Waals surface area contributed by atoms with E-state index in [9.17, 15) is 13.2 Å². The maximum Gasteiger partial charge on any atom is 0.393 e. The molecule has 0 aromatic heterocycles. The van der Waals surface area contributed by atoms with E-state index in [1.165, 1.54) is 0 Å². The Hall–Kier alpha value is -0.290. The number of halogens is 3. The Morgan fingerprint density at radius 1 is 1.38 bits per heavy atom. The summed E-state index contributed by atoms with van der Waals surface area (Å²) in [6.45, 7) is 5.25. The van der Waals surface area contributed by atoms with E-state index in [0.29, 0.717) is 13.0 Å². The van der Waals surface area contributed by atoms with Gasteiger partial charge in [0.05, 0.1) is 5.92 Å². The smallest absolute Gasteiger partial charge is 0.324 e. The molecule has 1 rings (SSSR count). The summed E-state index contributed by atoms with van der Waals surface area (Å²) in [5.74, 6) is -1.17. The van der Waals surface area contributed by atoms with E-state index in [1.54, 1.807) is 0 Å². The first-order valence-corrected chi connectivity index (χ1v) is 5.82. The van der Waals surface area contributed by atoms with Gasteiger partial charge in [-0.15, -0.1) is 0 Å². The third kappa shape index (κ3) is 3.94. The molecule has 16 heavy (non-hydrogen) atoms. The van der Waals surface area contributed by atoms with Gasteiger partial charge in [-0.1, -0.05) is 6.92 Å². The highest BCUT2D eigenvalue weighted by molar-refractivity contribution is 4.85. The summed E-state index contributed by atoms with van der Waals surface area (Å²) in [7, 11) is 0. The van der Waals surface area contributed by atoms with Crippen LogP contribution in [0.2, 0.25) is 0 Å². The first-order valence-electron chi connectivity index (χ1n) is 5.82. The van der Waals surface area contributed by atoms with Crippen molar-refractivity contribution in [2.45, 2.75) is 44.8 Å². The van der Waals surface area contributed by atoms with Gasteiger partial charge < -0.3 is 10.6 Å². The summed E-state index contributed by atoms with van der Waals surface area (Å²) in [6, 6.07) is 0. The van der Waals surface area contributed by atoms with Crippen LogP contribution in [0, 0.1) is 5.92 Å². The lowest BCUT2D eigenvalue weighted by Crippen LogP contribution is -2.51. The largest absolute Gasteiger partial charge is 0.393 e. The van der Waals surface area contributed by atoms with Crippen molar-refractivity contribution < 1.29 is 13.2 Å². The van der Waals surface area contributed by atoms with Crippen molar-refractivity contribution in [3.8, 4) is 0 Å². The van der Waals surface area contributed by atoms with Crippen LogP contribution in [0.25, 0.3) is 0 Å². The van der Waals surface area contributed by atoms with Crippen molar-refractivity contribution in [1.82, 2.24) is 4.90 Å². The maximum absolute atomic E-state index is 12.6. The summed E-state index contributed by atoms with van der Waals surface area (Å²) in [5.41, 5.74) is 5.60. The fraction of sp³-hybridized carbons (Fsp3) is 1.00. The van der Waals surface area contributed by atoms with Crippen LogP contribution in [-0.2, 0) is 0 Å². The molecule has 0 aromatic rings. The Labute approximate surface area is 95.0 Å². The summed E-state index contributed by atoms with van der Waals surface area (Å²) in [4.78, 5) is 1.85. The van der Waals surface area contributed by atoms with Crippen LogP contribution in [0.5, 0.6) is 0 Å². The molecule has 1 aliphatic rings. The van der Waals surface area contributed by atoms with Gasteiger partial charge >= 0.3 is 6.18 Å². The van der Waals surface area contributed by atoms with Gasteiger partial charge in [-0.3, -0.25) is 0 Å². The molecule has 1 fully saturated rings. The van der Waals surface area contributed by atoms with Crippen LogP contribution in [0.4, 0.5) is 13.2 Å². The normalized spacial score (nSPS) is 27.8. The summed E-state index contributed by atoms with van der Waals surface area (Å²) in [6.07, 6.45) is -2.41. The Bertz CT molecular complexity index is 226. The highest BCUT2D eigenvalue weighted by Crippen LogP contribution is 2.33. The van der Waals surface area contributed by atoms with E-state index in [0.717, 1.165) is 13.0 Å². The van der Waals surface area contributed by atoms with E-state index in [4.69, 9.17) is 5.73 Å². The lowest BCUT2D eigenvalue weighted by atomic mass is 9.94. The zero-order valence-corrected chi connectivity index (χ0v) is 9.98. The van der Waals surface area contributed by atoms with E-state index < -0.39 is 12.1 Å². The average molecular weight is 238 g/mol. The molecule has 0 aromatic carbocycles. The summed E-state index contributed by atoms with van der Waals surface area (Å²) < 4.78 is 37.7. The van der Waals surface area contributed by atoms with E-state index >= 15 is 0 Å². The Morgan fingerprint density at radius 3 is 2.50 bits per heavy atom. The molecule has 2 nitrogen and oxygen atoms in total. The minimum atomic E-state index is -4.06. The third-order valence-electron chi connectivity index (χ3n) is 3.36. The molecule has 0 aliphatic carbocycles. The van der Waals surface area contributed by atoms with Gasteiger partial charge in [-0.05, 0) is 32.7 Å². The van der Waals surface area contributed by atoms with Gasteiger partial charge in [0.2, 0.25) is 0 Å². The first kappa shape index (κ1) is 13.8. The van der Waals surface area contributed by atoms with E-state index in [1.807, 2.05) is 18.7 Å². The number of rotatable bonds is 3. The van der Waals surface area contributed by atoms with Gasteiger partial charge in [0.15, 0.2) is 0 Å². The quantitative estimate of drug-likeness (QED) is 0.818. The molecular weight excluding hydrogens is 217 g/mol. The lowest BCUT2D eigenvalue weighted by molar-refractivity contribution is -0.187. The third-order valence-corrected chi connectivity index (χ3v) is 3.36. The number of nitrogens with two attached hydrogens (primary N) is 1. The molecule has 1 heterocycles. The Balaban J connectivity index is 2.51. The number of hydrogen-bond acceptors (Lipinski definition) is 2. The zero-order chi connectivity index (χ0) is 12.4. The zero-order valence-electron chi connectivity index (χ0n) is 9.98. The highest BCUT2D eigenvalue weighted by atomic mass is 19.4.